The Morgan fingerprint density at radius 1 is 1.27 bits per heavy atom. The molecule has 10 heteroatoms. The Morgan fingerprint density at radius 2 is 2.17 bits per heavy atom. The average molecular weight is 431 g/mol. The first-order valence-corrected chi connectivity index (χ1v) is 10.8. The Labute approximate surface area is 177 Å². The van der Waals surface area contributed by atoms with Gasteiger partial charge in [-0.25, -0.2) is 9.67 Å². The third-order valence-corrected chi connectivity index (χ3v) is 5.31. The van der Waals surface area contributed by atoms with Crippen LogP contribution in [-0.2, 0) is 9.47 Å². The van der Waals surface area contributed by atoms with E-state index in [4.69, 9.17) is 14.2 Å². The summed E-state index contributed by atoms with van der Waals surface area (Å²) in [6.45, 7) is 0.702. The minimum Gasteiger partial charge on any atom is -0.467 e. The third-order valence-electron chi connectivity index (χ3n) is 4.76. The van der Waals surface area contributed by atoms with Crippen LogP contribution >= 0.6 is 11.8 Å². The smallest absolute Gasteiger partial charge is 0.240 e. The van der Waals surface area contributed by atoms with Crippen LogP contribution in [0.25, 0.3) is 22.4 Å². The molecule has 1 fully saturated rings. The van der Waals surface area contributed by atoms with Crippen molar-refractivity contribution in [2.24, 2.45) is 0 Å². The van der Waals surface area contributed by atoms with Gasteiger partial charge in [-0.1, -0.05) is 17.8 Å². The highest BCUT2D eigenvalue weighted by atomic mass is 32.2. The van der Waals surface area contributed by atoms with Crippen LogP contribution in [0, 0.1) is 5.95 Å². The second-order valence-corrected chi connectivity index (χ2v) is 7.50. The van der Waals surface area contributed by atoms with Gasteiger partial charge >= 0.3 is 0 Å². The van der Waals surface area contributed by atoms with E-state index in [2.05, 4.69) is 20.3 Å². The molecule has 1 saturated heterocycles. The summed E-state index contributed by atoms with van der Waals surface area (Å²) in [5.41, 5.74) is 2.25. The predicted molar refractivity (Wildman–Crippen MR) is 110 cm³/mol. The lowest BCUT2D eigenvalue weighted by Gasteiger charge is -2.22. The van der Waals surface area contributed by atoms with Gasteiger partial charge in [-0.2, -0.15) is 4.39 Å². The second kappa shape index (κ2) is 9.50. The molecule has 0 saturated carbocycles. The summed E-state index contributed by atoms with van der Waals surface area (Å²) in [6, 6.07) is 5.34. The molecule has 3 heterocycles. The van der Waals surface area contributed by atoms with Crippen molar-refractivity contribution in [2.45, 2.75) is 30.6 Å². The van der Waals surface area contributed by atoms with Crippen LogP contribution in [0.15, 0.2) is 35.7 Å². The summed E-state index contributed by atoms with van der Waals surface area (Å²) >= 11 is 1.41. The summed E-state index contributed by atoms with van der Waals surface area (Å²) < 4.78 is 32.7. The average Bonchev–Trinajstić information content (AvgIpc) is 3.20. The lowest BCUT2D eigenvalue weighted by molar-refractivity contribution is -0.0402. The zero-order chi connectivity index (χ0) is 20.9. The van der Waals surface area contributed by atoms with Crippen LogP contribution in [0.2, 0.25) is 0 Å². The summed E-state index contributed by atoms with van der Waals surface area (Å²) in [6.07, 6.45) is 7.83. The van der Waals surface area contributed by atoms with Crippen molar-refractivity contribution in [3.05, 3.63) is 36.5 Å². The predicted octanol–water partition coefficient (Wildman–Crippen LogP) is 3.94. The molecule has 0 radical (unpaired) electrons. The number of hydrogen-bond donors (Lipinski definition) is 0. The van der Waals surface area contributed by atoms with E-state index < -0.39 is 5.95 Å². The number of nitrogens with zero attached hydrogens (tertiary/aromatic N) is 5. The number of methoxy groups -OCH3 is 1. The summed E-state index contributed by atoms with van der Waals surface area (Å²) in [4.78, 5) is 4.26. The summed E-state index contributed by atoms with van der Waals surface area (Å²) in [7, 11) is 1.53. The molecule has 3 aromatic rings. The van der Waals surface area contributed by atoms with E-state index in [0.29, 0.717) is 39.9 Å². The first-order chi connectivity index (χ1) is 14.7. The fourth-order valence-corrected chi connectivity index (χ4v) is 3.55. The van der Waals surface area contributed by atoms with Crippen LogP contribution in [0.3, 0.4) is 0 Å². The highest BCUT2D eigenvalue weighted by Crippen LogP contribution is 2.35. The van der Waals surface area contributed by atoms with Gasteiger partial charge in [0.2, 0.25) is 11.1 Å². The van der Waals surface area contributed by atoms with Crippen molar-refractivity contribution < 1.29 is 18.6 Å². The molecule has 0 bridgehead atoms. The molecule has 1 aliphatic heterocycles. The standard InChI is InChI=1S/C20H22FN5O3S/c1-27-12-29-17-9-13(6-7-14(17)16-10-22-20(30-2)24-23-16)15-11-26(25-19(15)21)18-5-3-4-8-28-18/h6-7,9-11,18H,3-5,8,12H2,1-2H3. The molecule has 8 nitrogen and oxygen atoms in total. The Bertz CT molecular complexity index is 993. The van der Waals surface area contributed by atoms with Gasteiger partial charge < -0.3 is 14.2 Å². The van der Waals surface area contributed by atoms with Crippen molar-refractivity contribution in [1.82, 2.24) is 25.0 Å². The van der Waals surface area contributed by atoms with Crippen molar-refractivity contribution in [3.8, 4) is 28.1 Å². The van der Waals surface area contributed by atoms with Crippen LogP contribution in [0.4, 0.5) is 4.39 Å². The van der Waals surface area contributed by atoms with Crippen LogP contribution in [-0.4, -0.2) is 51.7 Å². The highest BCUT2D eigenvalue weighted by molar-refractivity contribution is 7.98. The number of aromatic nitrogens is 5. The Morgan fingerprint density at radius 3 is 2.87 bits per heavy atom. The van der Waals surface area contributed by atoms with Gasteiger partial charge in [-0.05, 0) is 43.2 Å². The van der Waals surface area contributed by atoms with E-state index in [-0.39, 0.29) is 13.0 Å². The number of ether oxygens (including phenoxy) is 3. The molecule has 0 spiro atoms. The lowest BCUT2D eigenvalue weighted by atomic mass is 10.0. The fraction of sp³-hybridized carbons (Fsp3) is 0.400. The van der Waals surface area contributed by atoms with Crippen LogP contribution in [0.1, 0.15) is 25.5 Å². The van der Waals surface area contributed by atoms with Gasteiger partial charge in [0.15, 0.2) is 6.79 Å². The SMILES string of the molecule is COCOc1cc(-c2cn(C3CCCCO3)nc2F)ccc1-c1cnc(SC)nn1. The molecular formula is C20H22FN5O3S. The van der Waals surface area contributed by atoms with Gasteiger partial charge in [0.25, 0.3) is 0 Å². The topological polar surface area (TPSA) is 84.2 Å². The number of hydrogen-bond acceptors (Lipinski definition) is 8. The van der Waals surface area contributed by atoms with E-state index in [1.54, 1.807) is 35.3 Å². The monoisotopic (exact) mass is 431 g/mol. The highest BCUT2D eigenvalue weighted by Gasteiger charge is 2.21. The number of halogens is 1. The molecule has 4 rings (SSSR count). The quantitative estimate of drug-likeness (QED) is 0.411. The molecule has 1 aromatic carbocycles. The molecule has 0 amide bonds. The third kappa shape index (κ3) is 4.45. The molecule has 1 atom stereocenters. The van der Waals surface area contributed by atoms with Crippen LogP contribution in [0.5, 0.6) is 5.75 Å². The van der Waals surface area contributed by atoms with E-state index in [1.165, 1.54) is 18.9 Å². The Balaban J connectivity index is 1.68. The molecule has 0 aliphatic carbocycles. The maximum absolute atomic E-state index is 14.7. The van der Waals surface area contributed by atoms with Crippen molar-refractivity contribution in [2.75, 3.05) is 26.8 Å². The Kier molecular flexibility index (Phi) is 6.56. The zero-order valence-corrected chi connectivity index (χ0v) is 17.6. The van der Waals surface area contributed by atoms with Crippen molar-refractivity contribution in [3.63, 3.8) is 0 Å². The molecular weight excluding hydrogens is 409 g/mol. The van der Waals surface area contributed by atoms with Gasteiger partial charge in [-0.3, -0.25) is 0 Å². The maximum atomic E-state index is 14.7. The van der Waals surface area contributed by atoms with E-state index in [9.17, 15) is 4.39 Å². The number of thioether (sulfide) groups is 1. The van der Waals surface area contributed by atoms with Crippen molar-refractivity contribution >= 4 is 11.8 Å². The lowest BCUT2D eigenvalue weighted by Crippen LogP contribution is -2.18. The fourth-order valence-electron chi connectivity index (χ4n) is 3.27. The number of rotatable bonds is 7. The van der Waals surface area contributed by atoms with Gasteiger partial charge in [0, 0.05) is 25.5 Å². The van der Waals surface area contributed by atoms with Crippen molar-refractivity contribution in [1.29, 1.82) is 0 Å². The normalized spacial score (nSPS) is 16.6. The molecule has 30 heavy (non-hydrogen) atoms. The molecule has 0 N–H and O–H groups in total. The van der Waals surface area contributed by atoms with E-state index >= 15 is 0 Å². The molecule has 1 aliphatic rings. The summed E-state index contributed by atoms with van der Waals surface area (Å²) in [5, 5.41) is 12.9. The van der Waals surface area contributed by atoms with Gasteiger partial charge in [0.1, 0.15) is 17.7 Å². The Hall–Kier alpha value is -2.56. The zero-order valence-electron chi connectivity index (χ0n) is 16.7. The van der Waals surface area contributed by atoms with E-state index in [1.807, 2.05) is 6.26 Å². The minimum absolute atomic E-state index is 0.0395. The molecule has 1 unspecified atom stereocenters. The van der Waals surface area contributed by atoms with Gasteiger partial charge in [-0.15, -0.1) is 15.3 Å². The number of benzene rings is 1. The van der Waals surface area contributed by atoms with Gasteiger partial charge in [0.05, 0.1) is 11.8 Å². The second-order valence-electron chi connectivity index (χ2n) is 6.73. The largest absolute Gasteiger partial charge is 0.467 e. The minimum atomic E-state index is -0.555. The first-order valence-electron chi connectivity index (χ1n) is 9.56. The molecule has 158 valence electrons. The molecule has 2 aromatic heterocycles. The maximum Gasteiger partial charge on any atom is 0.240 e. The van der Waals surface area contributed by atoms with E-state index in [0.717, 1.165) is 19.3 Å². The first kappa shape index (κ1) is 20.7. The van der Waals surface area contributed by atoms with Crippen LogP contribution < -0.4 is 4.74 Å². The summed E-state index contributed by atoms with van der Waals surface area (Å²) in [5.74, 6) is -0.0659.